The molecule has 0 aromatic carbocycles. The molecule has 0 nitrogen and oxygen atoms in total. The highest BCUT2D eigenvalue weighted by Gasteiger charge is 2.17. The Labute approximate surface area is 91.4 Å². The van der Waals surface area contributed by atoms with Gasteiger partial charge in [0.2, 0.25) is 0 Å². The first kappa shape index (κ1) is 10.2. The SMILES string of the molecule is CC(C)C(C)c1cc2c(s1)CCCC2. The van der Waals surface area contributed by atoms with Crippen LogP contribution in [0.15, 0.2) is 6.07 Å². The Hall–Kier alpha value is -0.300. The molecule has 14 heavy (non-hydrogen) atoms. The minimum Gasteiger partial charge on any atom is -0.145 e. The average Bonchev–Trinajstić information content (AvgIpc) is 2.59. The van der Waals surface area contributed by atoms with E-state index in [-0.39, 0.29) is 0 Å². The van der Waals surface area contributed by atoms with E-state index in [9.17, 15) is 0 Å². The van der Waals surface area contributed by atoms with Gasteiger partial charge >= 0.3 is 0 Å². The molecule has 0 fully saturated rings. The van der Waals surface area contributed by atoms with Crippen LogP contribution in [0.4, 0.5) is 0 Å². The van der Waals surface area contributed by atoms with E-state index in [0.29, 0.717) is 0 Å². The molecule has 0 bridgehead atoms. The van der Waals surface area contributed by atoms with Crippen LogP contribution in [0.2, 0.25) is 0 Å². The Morgan fingerprint density at radius 3 is 2.50 bits per heavy atom. The molecule has 1 aromatic rings. The van der Waals surface area contributed by atoms with Gasteiger partial charge in [-0.3, -0.25) is 0 Å². The number of thiophene rings is 1. The zero-order valence-electron chi connectivity index (χ0n) is 9.47. The van der Waals surface area contributed by atoms with E-state index >= 15 is 0 Å². The Morgan fingerprint density at radius 1 is 1.14 bits per heavy atom. The van der Waals surface area contributed by atoms with Crippen LogP contribution in [-0.4, -0.2) is 0 Å². The van der Waals surface area contributed by atoms with E-state index in [2.05, 4.69) is 38.2 Å². The zero-order chi connectivity index (χ0) is 10.1. The topological polar surface area (TPSA) is 0 Å². The van der Waals surface area contributed by atoms with Crippen molar-refractivity contribution in [3.05, 3.63) is 21.4 Å². The molecule has 0 aliphatic heterocycles. The van der Waals surface area contributed by atoms with Crippen molar-refractivity contribution < 1.29 is 0 Å². The molecule has 1 aliphatic rings. The number of aryl methyl sites for hydroxylation is 2. The Kier molecular flexibility index (Phi) is 2.96. The third-order valence-corrected chi connectivity index (χ3v) is 4.90. The second-order valence-corrected chi connectivity index (χ2v) is 6.01. The third kappa shape index (κ3) is 1.88. The van der Waals surface area contributed by atoms with Crippen molar-refractivity contribution in [2.75, 3.05) is 0 Å². The summed E-state index contributed by atoms with van der Waals surface area (Å²) in [6, 6.07) is 2.48. The van der Waals surface area contributed by atoms with E-state index in [4.69, 9.17) is 0 Å². The number of fused-ring (bicyclic) bond motifs is 1. The lowest BCUT2D eigenvalue weighted by atomic mass is 9.94. The van der Waals surface area contributed by atoms with Crippen LogP contribution >= 0.6 is 11.3 Å². The molecule has 0 saturated heterocycles. The van der Waals surface area contributed by atoms with Gasteiger partial charge in [0.05, 0.1) is 0 Å². The van der Waals surface area contributed by atoms with Gasteiger partial charge in [-0.05, 0) is 49.1 Å². The van der Waals surface area contributed by atoms with Crippen molar-refractivity contribution in [1.82, 2.24) is 0 Å². The number of rotatable bonds is 2. The molecule has 1 unspecified atom stereocenters. The molecule has 1 heterocycles. The minimum absolute atomic E-state index is 0.741. The van der Waals surface area contributed by atoms with Crippen molar-refractivity contribution in [2.45, 2.75) is 52.4 Å². The van der Waals surface area contributed by atoms with Gasteiger partial charge in [-0.25, -0.2) is 0 Å². The predicted molar refractivity (Wildman–Crippen MR) is 64.2 cm³/mol. The van der Waals surface area contributed by atoms with E-state index in [0.717, 1.165) is 11.8 Å². The van der Waals surface area contributed by atoms with Gasteiger partial charge in [0.1, 0.15) is 0 Å². The third-order valence-electron chi connectivity index (χ3n) is 3.46. The van der Waals surface area contributed by atoms with Crippen molar-refractivity contribution in [3.8, 4) is 0 Å². The van der Waals surface area contributed by atoms with E-state index in [1.807, 2.05) is 0 Å². The molecular weight excluding hydrogens is 188 g/mol. The van der Waals surface area contributed by atoms with E-state index in [1.165, 1.54) is 25.7 Å². The van der Waals surface area contributed by atoms with Crippen molar-refractivity contribution in [1.29, 1.82) is 0 Å². The van der Waals surface area contributed by atoms with Gasteiger partial charge in [0, 0.05) is 9.75 Å². The summed E-state index contributed by atoms with van der Waals surface area (Å²) in [6.45, 7) is 7.01. The standard InChI is InChI=1S/C13H20S/c1-9(2)10(3)13-8-11-6-4-5-7-12(11)14-13/h8-10H,4-7H2,1-3H3. The maximum atomic E-state index is 2.48. The Morgan fingerprint density at radius 2 is 1.86 bits per heavy atom. The molecule has 0 amide bonds. The van der Waals surface area contributed by atoms with Crippen LogP contribution in [0.1, 0.15) is 54.8 Å². The fourth-order valence-electron chi connectivity index (χ4n) is 2.07. The maximum absolute atomic E-state index is 2.48. The smallest absolute Gasteiger partial charge is 0.00817 e. The van der Waals surface area contributed by atoms with E-state index < -0.39 is 0 Å². The molecule has 1 aliphatic carbocycles. The molecule has 1 aromatic heterocycles. The van der Waals surface area contributed by atoms with Gasteiger partial charge in [0.15, 0.2) is 0 Å². The lowest BCUT2D eigenvalue weighted by Crippen LogP contribution is -1.99. The highest BCUT2D eigenvalue weighted by Crippen LogP contribution is 2.36. The fourth-order valence-corrected chi connectivity index (χ4v) is 3.55. The zero-order valence-corrected chi connectivity index (χ0v) is 10.3. The fraction of sp³-hybridized carbons (Fsp3) is 0.692. The Balaban J connectivity index is 2.23. The second kappa shape index (κ2) is 4.06. The molecule has 0 saturated carbocycles. The molecule has 1 heteroatoms. The van der Waals surface area contributed by atoms with Crippen molar-refractivity contribution in [3.63, 3.8) is 0 Å². The minimum atomic E-state index is 0.741. The van der Waals surface area contributed by atoms with Gasteiger partial charge in [-0.2, -0.15) is 0 Å². The summed E-state index contributed by atoms with van der Waals surface area (Å²) in [5, 5.41) is 0. The molecule has 0 radical (unpaired) electrons. The van der Waals surface area contributed by atoms with Crippen molar-refractivity contribution in [2.24, 2.45) is 5.92 Å². The summed E-state index contributed by atoms with van der Waals surface area (Å²) in [5.41, 5.74) is 1.66. The first-order chi connectivity index (χ1) is 6.68. The van der Waals surface area contributed by atoms with Crippen LogP contribution in [0, 0.1) is 5.92 Å². The van der Waals surface area contributed by atoms with Crippen LogP contribution in [0.25, 0.3) is 0 Å². The molecule has 0 spiro atoms. The highest BCUT2D eigenvalue weighted by molar-refractivity contribution is 7.12. The summed E-state index contributed by atoms with van der Waals surface area (Å²) in [6.07, 6.45) is 5.48. The quantitative estimate of drug-likeness (QED) is 0.676. The molecule has 1 atom stereocenters. The summed E-state index contributed by atoms with van der Waals surface area (Å²) < 4.78 is 0. The number of hydrogen-bond acceptors (Lipinski definition) is 1. The first-order valence-corrected chi connectivity index (χ1v) is 6.61. The second-order valence-electron chi connectivity index (χ2n) is 4.84. The van der Waals surface area contributed by atoms with Gasteiger partial charge in [-0.15, -0.1) is 11.3 Å². The van der Waals surface area contributed by atoms with Crippen LogP contribution < -0.4 is 0 Å². The normalized spacial score (nSPS) is 18.3. The van der Waals surface area contributed by atoms with Crippen LogP contribution in [0.5, 0.6) is 0 Å². The summed E-state index contributed by atoms with van der Waals surface area (Å²) in [4.78, 5) is 3.30. The first-order valence-electron chi connectivity index (χ1n) is 5.80. The Bertz CT molecular complexity index is 286. The van der Waals surface area contributed by atoms with Gasteiger partial charge in [0.25, 0.3) is 0 Å². The van der Waals surface area contributed by atoms with Gasteiger partial charge < -0.3 is 0 Å². The lowest BCUT2D eigenvalue weighted by molar-refractivity contribution is 0.542. The van der Waals surface area contributed by atoms with Crippen LogP contribution in [-0.2, 0) is 12.8 Å². The molecule has 78 valence electrons. The summed E-state index contributed by atoms with van der Waals surface area (Å²) in [7, 11) is 0. The summed E-state index contributed by atoms with van der Waals surface area (Å²) >= 11 is 2.07. The maximum Gasteiger partial charge on any atom is 0.00817 e. The van der Waals surface area contributed by atoms with Crippen LogP contribution in [0.3, 0.4) is 0 Å². The van der Waals surface area contributed by atoms with E-state index in [1.54, 1.807) is 15.3 Å². The highest BCUT2D eigenvalue weighted by atomic mass is 32.1. The summed E-state index contributed by atoms with van der Waals surface area (Å²) in [5.74, 6) is 1.51. The lowest BCUT2D eigenvalue weighted by Gasteiger charge is -2.12. The largest absolute Gasteiger partial charge is 0.145 e. The molecular formula is C13H20S. The molecule has 0 N–H and O–H groups in total. The van der Waals surface area contributed by atoms with Crippen molar-refractivity contribution >= 4 is 11.3 Å². The number of hydrogen-bond donors (Lipinski definition) is 0. The average molecular weight is 208 g/mol. The van der Waals surface area contributed by atoms with Gasteiger partial charge in [-0.1, -0.05) is 20.8 Å². The monoisotopic (exact) mass is 208 g/mol. The molecule has 2 rings (SSSR count). The predicted octanol–water partition coefficient (Wildman–Crippen LogP) is 4.39.